The fraction of sp³-hybridized carbons (Fsp3) is 0.562. The van der Waals surface area contributed by atoms with Crippen LogP contribution in [0.4, 0.5) is 13.2 Å². The van der Waals surface area contributed by atoms with Crippen LogP contribution in [0.2, 0.25) is 0 Å². The van der Waals surface area contributed by atoms with Gasteiger partial charge in [0, 0.05) is 24.4 Å². The van der Waals surface area contributed by atoms with Crippen molar-refractivity contribution in [1.29, 1.82) is 0 Å². The normalized spacial score (nSPS) is 16.2. The van der Waals surface area contributed by atoms with E-state index in [1.807, 2.05) is 0 Å². The van der Waals surface area contributed by atoms with E-state index in [1.165, 1.54) is 22.7 Å². The Hall–Kier alpha value is -1.41. The van der Waals surface area contributed by atoms with Crippen LogP contribution >= 0.6 is 22.7 Å². The van der Waals surface area contributed by atoms with Crippen LogP contribution in [0.1, 0.15) is 22.1 Å². The number of hydrogen-bond acceptors (Lipinski definition) is 8. The molecule has 3 heterocycles. The Kier molecular flexibility index (Phi) is 6.44. The molecule has 1 aliphatic heterocycles. The molecule has 1 fully saturated rings. The monoisotopic (exact) mass is 469 g/mol. The van der Waals surface area contributed by atoms with Crippen LogP contribution in [0.3, 0.4) is 0 Å². The largest absolute Gasteiger partial charge is 0.390 e. The number of hydrogen-bond donors (Lipinski definition) is 1. The lowest BCUT2D eigenvalue weighted by atomic mass is 9.96. The number of aliphatic hydroxyl groups excluding tert-OH is 1. The van der Waals surface area contributed by atoms with Crippen molar-refractivity contribution in [3.8, 4) is 10.6 Å². The van der Waals surface area contributed by atoms with Gasteiger partial charge in [0.15, 0.2) is 0 Å². The molecule has 1 aliphatic rings. The lowest BCUT2D eigenvalue weighted by molar-refractivity contribution is -0.130. The Balaban J connectivity index is 1.55. The first-order valence-electron chi connectivity index (χ1n) is 8.57. The SMILES string of the molecule is Cc1nc(CO)sc1-c1csc(CC(=O)C2CN(S(=O)(=O)CCC(F)(F)F)C2)n1. The minimum absolute atomic E-state index is 0.0382. The number of aliphatic hydroxyl groups is 1. The first-order valence-corrected chi connectivity index (χ1v) is 11.9. The van der Waals surface area contributed by atoms with Crippen LogP contribution in [-0.4, -0.2) is 58.6 Å². The number of aromatic nitrogens is 2. The maximum Gasteiger partial charge on any atom is 0.390 e. The summed E-state index contributed by atoms with van der Waals surface area (Å²) in [6.45, 7) is 1.46. The van der Waals surface area contributed by atoms with Gasteiger partial charge in [-0.2, -0.15) is 13.2 Å². The number of ketones is 1. The Labute approximate surface area is 173 Å². The van der Waals surface area contributed by atoms with Gasteiger partial charge in [-0.05, 0) is 6.92 Å². The number of Topliss-reactive ketones (excluding diaryl/α,β-unsaturated/α-hetero) is 1. The predicted molar refractivity (Wildman–Crippen MR) is 102 cm³/mol. The molecule has 0 spiro atoms. The molecule has 3 rings (SSSR count). The maximum absolute atomic E-state index is 12.4. The van der Waals surface area contributed by atoms with Gasteiger partial charge in [-0.15, -0.1) is 22.7 Å². The standard InChI is InChI=1S/C16H18F3N3O4S3/c1-9-15(28-14(7-23)20-9)11-8-27-13(21-11)4-12(24)10-5-22(6-10)29(25,26)3-2-16(17,18)19/h8,10,23H,2-7H2,1H3. The van der Waals surface area contributed by atoms with E-state index in [1.54, 1.807) is 12.3 Å². The Morgan fingerprint density at radius 2 is 2.00 bits per heavy atom. The van der Waals surface area contributed by atoms with Gasteiger partial charge in [0.2, 0.25) is 10.0 Å². The Morgan fingerprint density at radius 3 is 2.59 bits per heavy atom. The average Bonchev–Trinajstić information content (AvgIpc) is 3.17. The van der Waals surface area contributed by atoms with Gasteiger partial charge in [-0.3, -0.25) is 4.79 Å². The second-order valence-corrected chi connectivity index (χ2v) is 10.8. The molecule has 0 radical (unpaired) electrons. The van der Waals surface area contributed by atoms with Crippen molar-refractivity contribution in [1.82, 2.24) is 14.3 Å². The van der Waals surface area contributed by atoms with Gasteiger partial charge >= 0.3 is 6.18 Å². The smallest absolute Gasteiger partial charge is 0.389 e. The van der Waals surface area contributed by atoms with Crippen molar-refractivity contribution in [2.24, 2.45) is 5.92 Å². The molecule has 1 N–H and O–H groups in total. The molecule has 29 heavy (non-hydrogen) atoms. The molecule has 0 amide bonds. The van der Waals surface area contributed by atoms with Crippen molar-refractivity contribution in [2.75, 3.05) is 18.8 Å². The van der Waals surface area contributed by atoms with E-state index in [9.17, 15) is 31.5 Å². The molecule has 2 aromatic heterocycles. The van der Waals surface area contributed by atoms with E-state index >= 15 is 0 Å². The van der Waals surface area contributed by atoms with Gasteiger partial charge < -0.3 is 5.11 Å². The van der Waals surface area contributed by atoms with E-state index in [4.69, 9.17) is 0 Å². The molecule has 0 atom stereocenters. The summed E-state index contributed by atoms with van der Waals surface area (Å²) in [6.07, 6.45) is -5.90. The number of thiazole rings is 2. The molecule has 0 aliphatic carbocycles. The van der Waals surface area contributed by atoms with Gasteiger partial charge in [-0.25, -0.2) is 22.7 Å². The summed E-state index contributed by atoms with van der Waals surface area (Å²) in [4.78, 5) is 21.8. The molecular weight excluding hydrogens is 451 g/mol. The number of aryl methyl sites for hydroxylation is 1. The molecule has 0 saturated carbocycles. The first-order chi connectivity index (χ1) is 13.5. The third-order valence-corrected chi connectivity index (χ3v) is 8.24. The number of carbonyl (C=O) groups excluding carboxylic acids is 1. The molecule has 0 aromatic carbocycles. The van der Waals surface area contributed by atoms with Crippen molar-refractivity contribution in [3.05, 3.63) is 21.1 Å². The summed E-state index contributed by atoms with van der Waals surface area (Å²) >= 11 is 2.62. The van der Waals surface area contributed by atoms with Crippen molar-refractivity contribution in [2.45, 2.75) is 32.5 Å². The molecule has 0 bridgehead atoms. The number of carbonyl (C=O) groups is 1. The highest BCUT2D eigenvalue weighted by Gasteiger charge is 2.41. The van der Waals surface area contributed by atoms with E-state index in [-0.39, 0.29) is 31.9 Å². The molecule has 1 saturated heterocycles. The average molecular weight is 470 g/mol. The minimum atomic E-state index is -4.54. The zero-order valence-electron chi connectivity index (χ0n) is 15.3. The second-order valence-electron chi connectivity index (χ2n) is 6.64. The summed E-state index contributed by atoms with van der Waals surface area (Å²) in [5, 5.41) is 12.1. The van der Waals surface area contributed by atoms with E-state index in [0.29, 0.717) is 15.7 Å². The highest BCUT2D eigenvalue weighted by Crippen LogP contribution is 2.32. The van der Waals surface area contributed by atoms with Crippen LogP contribution in [0.15, 0.2) is 5.38 Å². The van der Waals surface area contributed by atoms with E-state index in [2.05, 4.69) is 9.97 Å². The van der Waals surface area contributed by atoms with Crippen LogP contribution in [0.25, 0.3) is 10.6 Å². The van der Waals surface area contributed by atoms with E-state index in [0.717, 1.165) is 14.9 Å². The van der Waals surface area contributed by atoms with Gasteiger partial charge in [0.05, 0.1) is 41.5 Å². The molecular formula is C16H18F3N3O4S3. The summed E-state index contributed by atoms with van der Waals surface area (Å²) in [5.74, 6) is -1.73. The number of nitrogens with zero attached hydrogens (tertiary/aromatic N) is 3. The lowest BCUT2D eigenvalue weighted by Gasteiger charge is -2.37. The topological polar surface area (TPSA) is 100 Å². The molecule has 7 nitrogen and oxygen atoms in total. The second kappa shape index (κ2) is 8.38. The third-order valence-electron chi connectivity index (χ3n) is 4.43. The Morgan fingerprint density at radius 1 is 1.31 bits per heavy atom. The minimum Gasteiger partial charge on any atom is -0.389 e. The van der Waals surface area contributed by atoms with Crippen molar-refractivity contribution in [3.63, 3.8) is 0 Å². The van der Waals surface area contributed by atoms with Crippen molar-refractivity contribution >= 4 is 38.5 Å². The van der Waals surface area contributed by atoms with Gasteiger partial charge in [0.1, 0.15) is 15.8 Å². The Bertz CT molecular complexity index is 995. The summed E-state index contributed by atoms with van der Waals surface area (Å²) in [7, 11) is -4.01. The third kappa shape index (κ3) is 5.40. The zero-order valence-corrected chi connectivity index (χ0v) is 17.7. The quantitative estimate of drug-likeness (QED) is 0.637. The summed E-state index contributed by atoms with van der Waals surface area (Å²) in [6, 6.07) is 0. The van der Waals surface area contributed by atoms with Crippen LogP contribution in [-0.2, 0) is 27.8 Å². The van der Waals surface area contributed by atoms with Crippen LogP contribution < -0.4 is 0 Å². The van der Waals surface area contributed by atoms with Crippen LogP contribution in [0.5, 0.6) is 0 Å². The molecule has 2 aromatic rings. The zero-order chi connectivity index (χ0) is 21.4. The molecule has 160 valence electrons. The number of rotatable bonds is 8. The lowest BCUT2D eigenvalue weighted by Crippen LogP contribution is -2.54. The van der Waals surface area contributed by atoms with Crippen LogP contribution in [0, 0.1) is 12.8 Å². The highest BCUT2D eigenvalue weighted by atomic mass is 32.2. The summed E-state index contributed by atoms with van der Waals surface area (Å²) < 4.78 is 61.4. The first kappa shape index (κ1) is 22.3. The van der Waals surface area contributed by atoms with Gasteiger partial charge in [-0.1, -0.05) is 0 Å². The van der Waals surface area contributed by atoms with E-state index < -0.39 is 34.3 Å². The molecule has 13 heteroatoms. The fourth-order valence-electron chi connectivity index (χ4n) is 2.79. The maximum atomic E-state index is 12.4. The number of alkyl halides is 3. The van der Waals surface area contributed by atoms with Crippen molar-refractivity contribution < 1.29 is 31.5 Å². The highest BCUT2D eigenvalue weighted by molar-refractivity contribution is 7.89. The van der Waals surface area contributed by atoms with Gasteiger partial charge in [0.25, 0.3) is 0 Å². The number of sulfonamides is 1. The number of halogens is 3. The fourth-order valence-corrected chi connectivity index (χ4v) is 6.11. The summed E-state index contributed by atoms with van der Waals surface area (Å²) in [5.41, 5.74) is 1.40. The predicted octanol–water partition coefficient (Wildman–Crippen LogP) is 2.39. The molecule has 0 unspecified atom stereocenters.